The number of hydrogen-bond acceptors (Lipinski definition) is 4. The van der Waals surface area contributed by atoms with Crippen LogP contribution in [0.15, 0.2) is 24.3 Å². The Kier molecular flexibility index (Phi) is 7.77. The third kappa shape index (κ3) is 6.84. The van der Waals surface area contributed by atoms with Crippen LogP contribution < -0.4 is 15.6 Å². The lowest BCUT2D eigenvalue weighted by molar-refractivity contribution is -0.130. The fourth-order valence-corrected chi connectivity index (χ4v) is 3.09. The zero-order valence-corrected chi connectivity index (χ0v) is 14.4. The van der Waals surface area contributed by atoms with Crippen LogP contribution in [0, 0.1) is 17.2 Å². The van der Waals surface area contributed by atoms with Gasteiger partial charge in [-0.3, -0.25) is 20.4 Å². The highest BCUT2D eigenvalue weighted by Gasteiger charge is 2.14. The lowest BCUT2D eigenvalue weighted by Crippen LogP contribution is -2.43. The van der Waals surface area contributed by atoms with E-state index in [9.17, 15) is 9.59 Å². The number of para-hydroxylation sites is 1. The van der Waals surface area contributed by atoms with Gasteiger partial charge >= 0.3 is 0 Å². The molecule has 1 saturated carbocycles. The summed E-state index contributed by atoms with van der Waals surface area (Å²) in [6, 6.07) is 8.67. The molecule has 2 rings (SSSR count). The van der Waals surface area contributed by atoms with E-state index in [1.54, 1.807) is 24.3 Å². The second kappa shape index (κ2) is 10.3. The number of hydrazine groups is 1. The van der Waals surface area contributed by atoms with Crippen molar-refractivity contribution in [3.8, 4) is 11.8 Å². The highest BCUT2D eigenvalue weighted by atomic mass is 16.5. The molecule has 2 N–H and O–H groups in total. The molecule has 0 saturated heterocycles. The number of benzene rings is 1. The molecule has 1 fully saturated rings. The molecule has 1 aromatic rings. The van der Waals surface area contributed by atoms with Gasteiger partial charge in [-0.2, -0.15) is 5.26 Å². The van der Waals surface area contributed by atoms with Crippen molar-refractivity contribution in [3.05, 3.63) is 29.8 Å². The van der Waals surface area contributed by atoms with E-state index in [1.807, 2.05) is 6.07 Å². The molecule has 25 heavy (non-hydrogen) atoms. The molecular formula is C19H25N3O3. The lowest BCUT2D eigenvalue weighted by atomic mass is 9.86. The molecule has 0 atom stereocenters. The maximum absolute atomic E-state index is 11.8. The van der Waals surface area contributed by atoms with Gasteiger partial charge in [-0.15, -0.1) is 0 Å². The first-order valence-electron chi connectivity index (χ1n) is 8.88. The van der Waals surface area contributed by atoms with E-state index < -0.39 is 5.91 Å². The number of hydrogen-bond donors (Lipinski definition) is 2. The van der Waals surface area contributed by atoms with Crippen LogP contribution in [0.1, 0.15) is 56.9 Å². The number of nitriles is 1. The van der Waals surface area contributed by atoms with Gasteiger partial charge in [-0.1, -0.05) is 44.2 Å². The average molecular weight is 343 g/mol. The number of nitrogens with zero attached hydrogens (tertiary/aromatic N) is 1. The summed E-state index contributed by atoms with van der Waals surface area (Å²) in [5.41, 5.74) is 5.10. The number of rotatable bonds is 7. The molecular weight excluding hydrogens is 318 g/mol. The van der Waals surface area contributed by atoms with Crippen molar-refractivity contribution >= 4 is 11.8 Å². The number of nitrogens with one attached hydrogen (secondary N) is 2. The van der Waals surface area contributed by atoms with Crippen LogP contribution in [0.2, 0.25) is 0 Å². The predicted octanol–water partition coefficient (Wildman–Crippen LogP) is 2.84. The second-order valence-corrected chi connectivity index (χ2v) is 6.39. The summed E-state index contributed by atoms with van der Waals surface area (Å²) in [7, 11) is 0. The fourth-order valence-electron chi connectivity index (χ4n) is 3.09. The highest BCUT2D eigenvalue weighted by Crippen LogP contribution is 2.27. The van der Waals surface area contributed by atoms with Crippen molar-refractivity contribution in [2.45, 2.75) is 51.4 Å². The molecule has 0 aromatic heterocycles. The molecule has 0 unspecified atom stereocenters. The van der Waals surface area contributed by atoms with Crippen molar-refractivity contribution in [3.63, 3.8) is 0 Å². The minimum atomic E-state index is -0.464. The first-order chi connectivity index (χ1) is 12.2. The van der Waals surface area contributed by atoms with Gasteiger partial charge < -0.3 is 4.74 Å². The molecule has 1 aliphatic rings. The molecule has 0 spiro atoms. The largest absolute Gasteiger partial charge is 0.482 e. The molecule has 6 nitrogen and oxygen atoms in total. The summed E-state index contributed by atoms with van der Waals surface area (Å²) >= 11 is 0. The van der Waals surface area contributed by atoms with E-state index >= 15 is 0 Å². The van der Waals surface area contributed by atoms with E-state index in [0.717, 1.165) is 18.8 Å². The van der Waals surface area contributed by atoms with E-state index in [-0.39, 0.29) is 12.5 Å². The molecule has 0 bridgehead atoms. The van der Waals surface area contributed by atoms with Crippen molar-refractivity contribution in [1.29, 1.82) is 5.26 Å². The minimum Gasteiger partial charge on any atom is -0.482 e. The van der Waals surface area contributed by atoms with Crippen molar-refractivity contribution in [2.24, 2.45) is 5.92 Å². The van der Waals surface area contributed by atoms with Gasteiger partial charge in [0, 0.05) is 6.42 Å². The number of ether oxygens (including phenoxy) is 1. The van der Waals surface area contributed by atoms with Gasteiger partial charge in [0.05, 0.1) is 5.56 Å². The Morgan fingerprint density at radius 3 is 2.60 bits per heavy atom. The van der Waals surface area contributed by atoms with Crippen LogP contribution >= 0.6 is 0 Å². The van der Waals surface area contributed by atoms with Gasteiger partial charge in [0.1, 0.15) is 11.8 Å². The molecule has 2 amide bonds. The van der Waals surface area contributed by atoms with E-state index in [0.29, 0.717) is 17.7 Å². The summed E-state index contributed by atoms with van der Waals surface area (Å²) in [4.78, 5) is 23.5. The third-order valence-corrected chi connectivity index (χ3v) is 4.45. The van der Waals surface area contributed by atoms with Crippen molar-refractivity contribution in [2.75, 3.05) is 6.61 Å². The molecule has 0 aliphatic heterocycles. The quantitative estimate of drug-likeness (QED) is 0.745. The fraction of sp³-hybridized carbons (Fsp3) is 0.526. The number of amides is 2. The van der Waals surface area contributed by atoms with Crippen LogP contribution in [-0.2, 0) is 9.59 Å². The summed E-state index contributed by atoms with van der Waals surface area (Å²) in [5.74, 6) is 0.443. The lowest BCUT2D eigenvalue weighted by Gasteiger charge is -2.21. The maximum Gasteiger partial charge on any atom is 0.276 e. The van der Waals surface area contributed by atoms with Crippen LogP contribution in [0.4, 0.5) is 0 Å². The van der Waals surface area contributed by atoms with Crippen LogP contribution in [0.5, 0.6) is 5.75 Å². The first kappa shape index (κ1) is 18.8. The molecule has 1 aromatic carbocycles. The third-order valence-electron chi connectivity index (χ3n) is 4.45. The summed E-state index contributed by atoms with van der Waals surface area (Å²) < 4.78 is 5.30. The second-order valence-electron chi connectivity index (χ2n) is 6.39. The standard InChI is InChI=1S/C19H25N3O3/c20-13-16-10-4-5-11-17(16)25-14-19(24)22-21-18(23)12-6-9-15-7-2-1-3-8-15/h4-5,10-11,15H,1-3,6-9,12,14H2,(H,21,23)(H,22,24). The zero-order valence-electron chi connectivity index (χ0n) is 14.4. The molecule has 0 heterocycles. The van der Waals surface area contributed by atoms with Crippen LogP contribution in [-0.4, -0.2) is 18.4 Å². The van der Waals surface area contributed by atoms with E-state index in [1.165, 1.54) is 32.1 Å². The monoisotopic (exact) mass is 343 g/mol. The van der Waals surface area contributed by atoms with Gasteiger partial charge in [0.25, 0.3) is 5.91 Å². The summed E-state index contributed by atoms with van der Waals surface area (Å²) in [6.45, 7) is -0.263. The maximum atomic E-state index is 11.8. The number of carbonyl (C=O) groups is 2. The Balaban J connectivity index is 1.59. The van der Waals surface area contributed by atoms with E-state index in [4.69, 9.17) is 10.00 Å². The Labute approximate surface area is 148 Å². The SMILES string of the molecule is N#Cc1ccccc1OCC(=O)NNC(=O)CCCC1CCCCC1. The Bertz CT molecular complexity index is 619. The van der Waals surface area contributed by atoms with Gasteiger partial charge in [-0.25, -0.2) is 0 Å². The topological polar surface area (TPSA) is 91.2 Å². The summed E-state index contributed by atoms with van der Waals surface area (Å²) in [5, 5.41) is 8.95. The molecule has 1 aliphatic carbocycles. The Hall–Kier alpha value is -2.55. The van der Waals surface area contributed by atoms with Crippen LogP contribution in [0.25, 0.3) is 0 Å². The highest BCUT2D eigenvalue weighted by molar-refractivity contribution is 5.82. The zero-order chi connectivity index (χ0) is 17.9. The number of carbonyl (C=O) groups excluding carboxylic acids is 2. The van der Waals surface area contributed by atoms with E-state index in [2.05, 4.69) is 10.9 Å². The summed E-state index contributed by atoms with van der Waals surface area (Å²) in [6.07, 6.45) is 8.84. The van der Waals surface area contributed by atoms with Crippen LogP contribution in [0.3, 0.4) is 0 Å². The van der Waals surface area contributed by atoms with Gasteiger partial charge in [0.15, 0.2) is 6.61 Å². The van der Waals surface area contributed by atoms with Crippen molar-refractivity contribution < 1.29 is 14.3 Å². The average Bonchev–Trinajstić information content (AvgIpc) is 2.65. The van der Waals surface area contributed by atoms with Gasteiger partial charge in [-0.05, 0) is 30.9 Å². The molecule has 134 valence electrons. The van der Waals surface area contributed by atoms with Gasteiger partial charge in [0.2, 0.25) is 5.91 Å². The first-order valence-corrected chi connectivity index (χ1v) is 8.88. The molecule has 6 heteroatoms. The Morgan fingerprint density at radius 2 is 1.84 bits per heavy atom. The molecule has 0 radical (unpaired) electrons. The Morgan fingerprint density at radius 1 is 1.12 bits per heavy atom. The smallest absolute Gasteiger partial charge is 0.276 e. The minimum absolute atomic E-state index is 0.193. The predicted molar refractivity (Wildman–Crippen MR) is 93.4 cm³/mol. The van der Waals surface area contributed by atoms with Crippen molar-refractivity contribution in [1.82, 2.24) is 10.9 Å². The normalized spacial score (nSPS) is 14.4.